The predicted octanol–water partition coefficient (Wildman–Crippen LogP) is 3.73. The van der Waals surface area contributed by atoms with Crippen LogP contribution in [0.5, 0.6) is 17.2 Å². The van der Waals surface area contributed by atoms with Gasteiger partial charge in [-0.15, -0.1) is 0 Å². The number of anilines is 4. The maximum Gasteiger partial charge on any atom is 0.240 e. The second-order valence-electron chi connectivity index (χ2n) is 10.1. The Morgan fingerprint density at radius 2 is 1.04 bits per heavy atom. The highest BCUT2D eigenvalue weighted by molar-refractivity contribution is 7.89. The van der Waals surface area contributed by atoms with Crippen molar-refractivity contribution in [1.82, 2.24) is 19.4 Å². The molecule has 0 atom stereocenters. The van der Waals surface area contributed by atoms with E-state index < -0.39 is 20.0 Å². The Morgan fingerprint density at radius 3 is 1.39 bits per heavy atom. The van der Waals surface area contributed by atoms with Crippen LogP contribution < -0.4 is 39.8 Å². The largest absolute Gasteiger partial charge is 0.493 e. The molecule has 3 aromatic carbocycles. The predicted molar refractivity (Wildman–Crippen MR) is 188 cm³/mol. The zero-order valence-corrected chi connectivity index (χ0v) is 29.4. The standard InChI is InChI=1S/C31H37N9O7S2/c1-19(21-8-12-24(13-9-21)48(41,42)32-3)37-39-28-18-29(40-38-20(2)22-10-14-25(15-11-22)49(43,44)33-4)36-31(35-28)34-23-16-26(45-5)30(47-7)27(17-23)46-6/h8-18,32-33H,1-7H3,(H3,34,35,36,39,40). The first-order valence-corrected chi connectivity index (χ1v) is 17.5. The molecule has 260 valence electrons. The van der Waals surface area contributed by atoms with Gasteiger partial charge in [0.05, 0.1) is 42.5 Å². The summed E-state index contributed by atoms with van der Waals surface area (Å²) >= 11 is 0. The lowest BCUT2D eigenvalue weighted by molar-refractivity contribution is 0.324. The summed E-state index contributed by atoms with van der Waals surface area (Å²) in [5.74, 6) is 1.98. The minimum absolute atomic E-state index is 0.128. The molecule has 0 unspecified atom stereocenters. The van der Waals surface area contributed by atoms with E-state index in [0.717, 1.165) is 0 Å². The summed E-state index contributed by atoms with van der Waals surface area (Å²) in [5, 5.41) is 12.0. The summed E-state index contributed by atoms with van der Waals surface area (Å²) in [5.41, 5.74) is 8.84. The van der Waals surface area contributed by atoms with Crippen LogP contribution >= 0.6 is 0 Å². The van der Waals surface area contributed by atoms with Gasteiger partial charge >= 0.3 is 0 Å². The average Bonchev–Trinajstić information content (AvgIpc) is 3.12. The number of nitrogens with zero attached hydrogens (tertiary/aromatic N) is 4. The van der Waals surface area contributed by atoms with Crippen molar-refractivity contribution >= 4 is 54.7 Å². The van der Waals surface area contributed by atoms with E-state index in [0.29, 0.717) is 45.5 Å². The summed E-state index contributed by atoms with van der Waals surface area (Å²) in [4.78, 5) is 9.33. The molecule has 0 saturated carbocycles. The normalized spacial score (nSPS) is 12.3. The van der Waals surface area contributed by atoms with Crippen LogP contribution in [0.2, 0.25) is 0 Å². The van der Waals surface area contributed by atoms with E-state index in [9.17, 15) is 16.8 Å². The lowest BCUT2D eigenvalue weighted by atomic mass is 10.1. The molecular formula is C31H37N9O7S2. The molecule has 5 N–H and O–H groups in total. The number of sulfonamides is 2. The van der Waals surface area contributed by atoms with Crippen molar-refractivity contribution in [2.45, 2.75) is 23.6 Å². The smallest absolute Gasteiger partial charge is 0.240 e. The molecule has 0 aliphatic carbocycles. The number of hydrogen-bond acceptors (Lipinski definition) is 14. The maximum atomic E-state index is 12.1. The quantitative estimate of drug-likeness (QED) is 0.0884. The fourth-order valence-corrected chi connectivity index (χ4v) is 5.76. The van der Waals surface area contributed by atoms with Crippen molar-refractivity contribution in [3.05, 3.63) is 77.9 Å². The number of benzene rings is 3. The molecular weight excluding hydrogens is 675 g/mol. The molecule has 4 rings (SSSR count). The van der Waals surface area contributed by atoms with Gasteiger partial charge in [0, 0.05) is 23.9 Å². The van der Waals surface area contributed by atoms with Crippen molar-refractivity contribution < 1.29 is 31.0 Å². The van der Waals surface area contributed by atoms with Crippen LogP contribution in [0.3, 0.4) is 0 Å². The second-order valence-corrected chi connectivity index (χ2v) is 13.9. The summed E-state index contributed by atoms with van der Waals surface area (Å²) in [6.45, 7) is 3.51. The molecule has 0 spiro atoms. The monoisotopic (exact) mass is 711 g/mol. The molecule has 49 heavy (non-hydrogen) atoms. The molecule has 1 heterocycles. The van der Waals surface area contributed by atoms with Crippen molar-refractivity contribution in [2.24, 2.45) is 10.2 Å². The van der Waals surface area contributed by atoms with E-state index in [1.54, 1.807) is 56.3 Å². The highest BCUT2D eigenvalue weighted by Gasteiger charge is 2.16. The van der Waals surface area contributed by atoms with Crippen LogP contribution in [0.25, 0.3) is 0 Å². The summed E-state index contributed by atoms with van der Waals surface area (Å²) in [6, 6.07) is 17.5. The summed E-state index contributed by atoms with van der Waals surface area (Å²) in [6.07, 6.45) is 0. The van der Waals surface area contributed by atoms with Gasteiger partial charge in [0.15, 0.2) is 23.1 Å². The van der Waals surface area contributed by atoms with Gasteiger partial charge in [-0.2, -0.15) is 20.2 Å². The third kappa shape index (κ3) is 8.99. The molecule has 0 bridgehead atoms. The molecule has 1 aromatic heterocycles. The average molecular weight is 712 g/mol. The Morgan fingerprint density at radius 1 is 0.633 bits per heavy atom. The first-order chi connectivity index (χ1) is 23.3. The Bertz CT molecular complexity index is 1930. The maximum absolute atomic E-state index is 12.1. The third-order valence-electron chi connectivity index (χ3n) is 7.03. The highest BCUT2D eigenvalue weighted by atomic mass is 32.2. The minimum atomic E-state index is -3.58. The second kappa shape index (κ2) is 15.7. The molecule has 0 fully saturated rings. The molecule has 18 heteroatoms. The van der Waals surface area contributed by atoms with Gasteiger partial charge in [-0.1, -0.05) is 24.3 Å². The van der Waals surface area contributed by atoms with E-state index in [4.69, 9.17) is 14.2 Å². The van der Waals surface area contributed by atoms with Gasteiger partial charge in [-0.05, 0) is 63.3 Å². The van der Waals surface area contributed by atoms with E-state index in [1.165, 1.54) is 59.7 Å². The molecule has 0 amide bonds. The molecule has 0 saturated heterocycles. The Balaban J connectivity index is 1.66. The number of hydrazone groups is 2. The van der Waals surface area contributed by atoms with Crippen LogP contribution in [-0.2, 0) is 20.0 Å². The van der Waals surface area contributed by atoms with Gasteiger partial charge in [0.25, 0.3) is 0 Å². The Labute approximate surface area is 285 Å². The Hall–Kier alpha value is -5.30. The zero-order valence-electron chi connectivity index (χ0n) is 27.8. The van der Waals surface area contributed by atoms with Crippen LogP contribution in [-0.4, -0.2) is 73.7 Å². The van der Waals surface area contributed by atoms with E-state index in [1.807, 2.05) is 0 Å². The molecule has 16 nitrogen and oxygen atoms in total. The number of ether oxygens (including phenoxy) is 3. The first-order valence-electron chi connectivity index (χ1n) is 14.5. The summed E-state index contributed by atoms with van der Waals surface area (Å²) in [7, 11) is 0.0504. The molecule has 0 radical (unpaired) electrons. The van der Waals surface area contributed by atoms with E-state index in [2.05, 4.69) is 45.8 Å². The molecule has 4 aromatic rings. The fraction of sp³-hybridized carbons (Fsp3) is 0.226. The molecule has 0 aliphatic heterocycles. The third-order valence-corrected chi connectivity index (χ3v) is 9.89. The van der Waals surface area contributed by atoms with Crippen LogP contribution in [0.1, 0.15) is 25.0 Å². The van der Waals surface area contributed by atoms with Crippen LogP contribution in [0.15, 0.2) is 86.7 Å². The molecule has 0 aliphatic rings. The van der Waals surface area contributed by atoms with E-state index >= 15 is 0 Å². The number of methoxy groups -OCH3 is 3. The zero-order chi connectivity index (χ0) is 35.8. The van der Waals surface area contributed by atoms with Crippen molar-refractivity contribution in [3.63, 3.8) is 0 Å². The van der Waals surface area contributed by atoms with Crippen LogP contribution in [0, 0.1) is 0 Å². The first kappa shape index (κ1) is 36.5. The number of aromatic nitrogens is 2. The van der Waals surface area contributed by atoms with Crippen LogP contribution in [0.4, 0.5) is 23.3 Å². The van der Waals surface area contributed by atoms with Crippen molar-refractivity contribution in [3.8, 4) is 17.2 Å². The van der Waals surface area contributed by atoms with Gasteiger partial charge in [-0.3, -0.25) is 10.9 Å². The number of nitrogens with one attached hydrogen (secondary N) is 5. The lowest BCUT2D eigenvalue weighted by Crippen LogP contribution is -2.18. The minimum Gasteiger partial charge on any atom is -0.493 e. The Kier molecular flexibility index (Phi) is 11.7. The number of rotatable bonds is 15. The SMILES string of the molecule is CNS(=O)(=O)c1ccc(C(C)=NNc2cc(NN=C(C)c3ccc(S(=O)(=O)NC)cc3)nc(Nc3cc(OC)c(OC)c(OC)c3)n2)cc1. The summed E-state index contributed by atoms with van der Waals surface area (Å²) < 4.78 is 69.3. The van der Waals surface area contributed by atoms with Crippen molar-refractivity contribution in [1.29, 1.82) is 0 Å². The van der Waals surface area contributed by atoms with Crippen molar-refractivity contribution in [2.75, 3.05) is 51.6 Å². The van der Waals surface area contributed by atoms with Gasteiger partial charge < -0.3 is 19.5 Å². The van der Waals surface area contributed by atoms with Gasteiger partial charge in [0.2, 0.25) is 31.7 Å². The fourth-order valence-electron chi connectivity index (χ4n) is 4.30. The van der Waals surface area contributed by atoms with E-state index in [-0.39, 0.29) is 27.4 Å². The lowest BCUT2D eigenvalue weighted by Gasteiger charge is -2.15. The number of hydrogen-bond donors (Lipinski definition) is 5. The highest BCUT2D eigenvalue weighted by Crippen LogP contribution is 2.40. The topological polar surface area (TPSA) is 207 Å². The van der Waals surface area contributed by atoms with Gasteiger partial charge in [-0.25, -0.2) is 26.3 Å². The van der Waals surface area contributed by atoms with Gasteiger partial charge in [0.1, 0.15) is 0 Å².